The lowest BCUT2D eigenvalue weighted by Crippen LogP contribution is -2.48. The number of allylic oxidation sites excluding steroid dienone is 1. The number of nitrogens with zero attached hydrogens (tertiary/aromatic N) is 3. The first-order valence-corrected chi connectivity index (χ1v) is 11.8. The van der Waals surface area contributed by atoms with E-state index in [9.17, 15) is 18.0 Å². The Hall–Kier alpha value is -4.12. The number of ether oxygens (including phenoxy) is 3. The van der Waals surface area contributed by atoms with Crippen LogP contribution in [0.4, 0.5) is 18.9 Å². The molecule has 1 atom stereocenters. The summed E-state index contributed by atoms with van der Waals surface area (Å²) in [6.45, 7) is -1.21. The first-order chi connectivity index (χ1) is 18.1. The molecule has 4 rings (SSSR count). The zero-order chi connectivity index (χ0) is 27.3. The van der Waals surface area contributed by atoms with Gasteiger partial charge in [-0.15, -0.1) is 0 Å². The van der Waals surface area contributed by atoms with Crippen LogP contribution in [0.15, 0.2) is 67.0 Å². The van der Waals surface area contributed by atoms with Crippen LogP contribution in [0.25, 0.3) is 10.9 Å². The first kappa shape index (κ1) is 26.9. The molecule has 1 aromatic heterocycles. The number of carbonyl (C=O) groups is 1. The van der Waals surface area contributed by atoms with Gasteiger partial charge in [0.05, 0.1) is 12.3 Å². The van der Waals surface area contributed by atoms with Crippen molar-refractivity contribution in [2.24, 2.45) is 0 Å². The maximum absolute atomic E-state index is 12.5. The van der Waals surface area contributed by atoms with Crippen LogP contribution >= 0.6 is 0 Å². The topological polar surface area (TPSA) is 88.0 Å². The van der Waals surface area contributed by atoms with Crippen molar-refractivity contribution in [3.05, 3.63) is 72.6 Å². The molecule has 2 heterocycles. The van der Waals surface area contributed by atoms with Crippen molar-refractivity contribution in [1.29, 1.82) is 5.41 Å². The van der Waals surface area contributed by atoms with Gasteiger partial charge in [-0.2, -0.15) is 13.2 Å². The number of morpholine rings is 1. The Morgan fingerprint density at radius 2 is 1.95 bits per heavy atom. The van der Waals surface area contributed by atoms with Crippen molar-refractivity contribution in [1.82, 2.24) is 9.88 Å². The number of rotatable bonds is 9. The molecule has 3 aromatic rings. The third-order valence-electron chi connectivity index (χ3n) is 5.67. The van der Waals surface area contributed by atoms with Gasteiger partial charge in [-0.3, -0.25) is 9.78 Å². The van der Waals surface area contributed by atoms with Gasteiger partial charge in [0.15, 0.2) is 6.61 Å². The number of aromatic nitrogens is 1. The molecule has 0 spiro atoms. The van der Waals surface area contributed by atoms with Crippen LogP contribution in [0, 0.1) is 5.41 Å². The Labute approximate surface area is 217 Å². The summed E-state index contributed by atoms with van der Waals surface area (Å²) >= 11 is 0. The van der Waals surface area contributed by atoms with Gasteiger partial charge >= 0.3 is 6.18 Å². The fourth-order valence-corrected chi connectivity index (χ4v) is 3.86. The number of halogens is 3. The molecule has 1 N–H and O–H groups in total. The van der Waals surface area contributed by atoms with Crippen LogP contribution in [0.1, 0.15) is 5.56 Å². The molecule has 2 aromatic carbocycles. The molecule has 1 unspecified atom stereocenters. The molecule has 0 bridgehead atoms. The van der Waals surface area contributed by atoms with E-state index in [0.717, 1.165) is 5.39 Å². The molecule has 38 heavy (non-hydrogen) atoms. The van der Waals surface area contributed by atoms with Crippen LogP contribution < -0.4 is 14.4 Å². The van der Waals surface area contributed by atoms with Gasteiger partial charge in [0.1, 0.15) is 36.3 Å². The minimum atomic E-state index is -4.43. The van der Waals surface area contributed by atoms with E-state index in [1.807, 2.05) is 31.1 Å². The molecular weight excluding hydrogens is 501 g/mol. The fourth-order valence-electron chi connectivity index (χ4n) is 3.86. The van der Waals surface area contributed by atoms with E-state index < -0.39 is 18.9 Å². The lowest BCUT2D eigenvalue weighted by Gasteiger charge is -2.32. The van der Waals surface area contributed by atoms with Crippen LogP contribution in [-0.2, 0) is 9.53 Å². The summed E-state index contributed by atoms with van der Waals surface area (Å²) in [5.74, 6) is 0.303. The van der Waals surface area contributed by atoms with Gasteiger partial charge in [0.25, 0.3) is 5.91 Å². The highest BCUT2D eigenvalue weighted by atomic mass is 19.4. The van der Waals surface area contributed by atoms with E-state index in [1.165, 1.54) is 29.2 Å². The van der Waals surface area contributed by atoms with Crippen molar-refractivity contribution in [2.45, 2.75) is 12.3 Å². The predicted molar refractivity (Wildman–Crippen MR) is 137 cm³/mol. The van der Waals surface area contributed by atoms with Gasteiger partial charge in [0, 0.05) is 43.1 Å². The van der Waals surface area contributed by atoms with E-state index in [1.54, 1.807) is 30.6 Å². The second kappa shape index (κ2) is 11.5. The number of benzene rings is 2. The number of hydrogen-bond acceptors (Lipinski definition) is 7. The first-order valence-electron chi connectivity index (χ1n) is 11.8. The maximum atomic E-state index is 12.5. The van der Waals surface area contributed by atoms with Gasteiger partial charge < -0.3 is 29.4 Å². The van der Waals surface area contributed by atoms with Crippen molar-refractivity contribution < 1.29 is 32.2 Å². The number of pyridine rings is 1. The Balaban J connectivity index is 1.44. The zero-order valence-electron chi connectivity index (χ0n) is 20.9. The second-order valence-corrected chi connectivity index (χ2v) is 8.85. The minimum absolute atomic E-state index is 0.0554. The second-order valence-electron chi connectivity index (χ2n) is 8.85. The van der Waals surface area contributed by atoms with E-state index in [2.05, 4.69) is 4.98 Å². The Morgan fingerprint density at radius 1 is 1.18 bits per heavy atom. The monoisotopic (exact) mass is 528 g/mol. The molecule has 1 aliphatic rings. The largest absolute Gasteiger partial charge is 0.489 e. The summed E-state index contributed by atoms with van der Waals surface area (Å²) in [4.78, 5) is 20.3. The lowest BCUT2D eigenvalue weighted by atomic mass is 10.0. The van der Waals surface area contributed by atoms with Crippen LogP contribution in [0.2, 0.25) is 0 Å². The summed E-state index contributed by atoms with van der Waals surface area (Å²) in [6.07, 6.45) is 0.272. The molecular formula is C27H27F3N4O4. The van der Waals surface area contributed by atoms with Gasteiger partial charge in [-0.25, -0.2) is 0 Å². The quantitative estimate of drug-likeness (QED) is 0.414. The number of fused-ring (bicyclic) bond motifs is 1. The van der Waals surface area contributed by atoms with E-state index in [-0.39, 0.29) is 31.4 Å². The third kappa shape index (κ3) is 6.80. The Morgan fingerprint density at radius 3 is 2.66 bits per heavy atom. The SMILES string of the molecule is CN(C)/C=C\C(=N)c1ccc(OCC2CN(c3ccc(OCC(F)(F)F)cc3)C(=O)CO2)c2ncccc12. The summed E-state index contributed by atoms with van der Waals surface area (Å²) < 4.78 is 53.6. The Kier molecular flexibility index (Phi) is 8.16. The minimum Gasteiger partial charge on any atom is -0.489 e. The average molecular weight is 529 g/mol. The van der Waals surface area contributed by atoms with Crippen molar-refractivity contribution in [2.75, 3.05) is 45.4 Å². The van der Waals surface area contributed by atoms with Gasteiger partial charge in [0.2, 0.25) is 0 Å². The number of amides is 1. The zero-order valence-corrected chi connectivity index (χ0v) is 20.9. The maximum Gasteiger partial charge on any atom is 0.422 e. The fraction of sp³-hybridized carbons (Fsp3) is 0.296. The predicted octanol–water partition coefficient (Wildman–Crippen LogP) is 4.43. The highest BCUT2D eigenvalue weighted by molar-refractivity contribution is 6.15. The van der Waals surface area contributed by atoms with E-state index in [0.29, 0.717) is 28.2 Å². The molecule has 11 heteroatoms. The number of hydrogen-bond donors (Lipinski definition) is 1. The molecule has 1 fully saturated rings. The van der Waals surface area contributed by atoms with Gasteiger partial charge in [-0.05, 0) is 48.5 Å². The molecule has 0 aliphatic carbocycles. The van der Waals surface area contributed by atoms with E-state index in [4.69, 9.17) is 19.6 Å². The van der Waals surface area contributed by atoms with Crippen molar-refractivity contribution in [3.63, 3.8) is 0 Å². The highest BCUT2D eigenvalue weighted by Crippen LogP contribution is 2.28. The number of anilines is 1. The van der Waals surface area contributed by atoms with Crippen LogP contribution in [-0.4, -0.2) is 74.2 Å². The molecule has 1 amide bonds. The molecule has 0 saturated carbocycles. The molecule has 0 radical (unpaired) electrons. The normalized spacial score (nSPS) is 16.2. The van der Waals surface area contributed by atoms with Crippen LogP contribution in [0.5, 0.6) is 11.5 Å². The summed E-state index contributed by atoms with van der Waals surface area (Å²) in [7, 11) is 3.76. The third-order valence-corrected chi connectivity index (χ3v) is 5.67. The molecule has 1 saturated heterocycles. The molecule has 1 aliphatic heterocycles. The average Bonchev–Trinajstić information content (AvgIpc) is 2.90. The van der Waals surface area contributed by atoms with Crippen LogP contribution in [0.3, 0.4) is 0 Å². The summed E-state index contributed by atoms with van der Waals surface area (Å²) in [6, 6.07) is 13.1. The number of alkyl halides is 3. The molecule has 8 nitrogen and oxygen atoms in total. The number of nitrogens with one attached hydrogen (secondary N) is 1. The highest BCUT2D eigenvalue weighted by Gasteiger charge is 2.30. The van der Waals surface area contributed by atoms with Crippen molar-refractivity contribution in [3.8, 4) is 11.5 Å². The molecule has 200 valence electrons. The van der Waals surface area contributed by atoms with E-state index >= 15 is 0 Å². The Bertz CT molecular complexity index is 1330. The standard InChI is InChI=1S/C27H27F3N4O4/c1-33(2)13-11-23(31)21-9-10-24(26-22(21)4-3-12-32-26)37-15-20-14-34(25(35)16-36-20)18-5-7-19(8-6-18)38-17-27(28,29)30/h3-13,20,31H,14-17H2,1-2H3/b13-11-,31-23?. The number of carbonyl (C=O) groups excluding carboxylic acids is 1. The van der Waals surface area contributed by atoms with Crippen molar-refractivity contribution >= 4 is 28.2 Å². The van der Waals surface area contributed by atoms with Gasteiger partial charge in [-0.1, -0.05) is 6.07 Å². The summed E-state index contributed by atoms with van der Waals surface area (Å²) in [5, 5.41) is 9.20. The lowest BCUT2D eigenvalue weighted by molar-refractivity contribution is -0.153. The smallest absolute Gasteiger partial charge is 0.422 e. The summed E-state index contributed by atoms with van der Waals surface area (Å²) in [5.41, 5.74) is 2.17.